The minimum atomic E-state index is -0.355. The molecule has 2 aromatic carbocycles. The Morgan fingerprint density at radius 1 is 1.26 bits per heavy atom. The van der Waals surface area contributed by atoms with Gasteiger partial charge in [0.15, 0.2) is 5.17 Å². The van der Waals surface area contributed by atoms with E-state index in [2.05, 4.69) is 42.1 Å². The van der Waals surface area contributed by atoms with Crippen LogP contribution in [0.2, 0.25) is 5.02 Å². The number of anilines is 1. The molecular formula is C24H23ClFN3OS. The summed E-state index contributed by atoms with van der Waals surface area (Å²) in [5.41, 5.74) is 3.82. The molecule has 2 aliphatic rings. The van der Waals surface area contributed by atoms with E-state index in [9.17, 15) is 4.79 Å². The largest absolute Gasteiger partial charge is 0.363 e. The molecule has 0 bridgehead atoms. The van der Waals surface area contributed by atoms with Gasteiger partial charge in [-0.25, -0.2) is 9.38 Å². The summed E-state index contributed by atoms with van der Waals surface area (Å²) in [7, 11) is 0. The van der Waals surface area contributed by atoms with E-state index in [1.54, 1.807) is 36.4 Å². The van der Waals surface area contributed by atoms with Crippen molar-refractivity contribution in [2.75, 3.05) is 11.4 Å². The molecule has 0 unspecified atom stereocenters. The molecule has 0 aromatic heterocycles. The average molecular weight is 456 g/mol. The van der Waals surface area contributed by atoms with Gasteiger partial charge < -0.3 is 10.2 Å². The number of carbonyl (C=O) groups excluding carboxylic acids is 1. The molecule has 1 N–H and O–H groups in total. The van der Waals surface area contributed by atoms with Gasteiger partial charge in [0.1, 0.15) is 5.82 Å². The van der Waals surface area contributed by atoms with Crippen molar-refractivity contribution in [1.82, 2.24) is 5.32 Å². The standard InChI is InChI=1S/C24H23ClFN3OS/c1-5-29-20-12-19(26)15(10-18(20)14(2)13-24(29,3)4)11-21-22(30)28-23(31-21)27-17-8-6-16(25)7-9-17/h6-13H,5H2,1-4H3,(H,27,28,30)/b21-11+. The van der Waals surface area contributed by atoms with Crippen LogP contribution in [0.5, 0.6) is 0 Å². The number of nitrogens with one attached hydrogen (secondary N) is 1. The van der Waals surface area contributed by atoms with Crippen LogP contribution in [-0.2, 0) is 4.79 Å². The predicted molar refractivity (Wildman–Crippen MR) is 129 cm³/mol. The Balaban J connectivity index is 1.67. The molecule has 31 heavy (non-hydrogen) atoms. The molecule has 0 aliphatic carbocycles. The third kappa shape index (κ3) is 4.27. The highest BCUT2D eigenvalue weighted by Gasteiger charge is 2.31. The van der Waals surface area contributed by atoms with Gasteiger partial charge in [-0.2, -0.15) is 0 Å². The van der Waals surface area contributed by atoms with E-state index in [0.717, 1.165) is 23.4 Å². The monoisotopic (exact) mass is 455 g/mol. The maximum absolute atomic E-state index is 15.1. The Bertz CT molecular complexity index is 1150. The first-order chi connectivity index (χ1) is 14.7. The second-order valence-electron chi connectivity index (χ2n) is 8.07. The van der Waals surface area contributed by atoms with E-state index in [4.69, 9.17) is 11.6 Å². The number of fused-ring (bicyclic) bond motifs is 1. The number of allylic oxidation sites excluding steroid dienone is 1. The number of amides is 1. The quantitative estimate of drug-likeness (QED) is 0.545. The Hall–Kier alpha value is -2.57. The lowest BCUT2D eigenvalue weighted by Gasteiger charge is -2.42. The minimum absolute atomic E-state index is 0.188. The molecule has 0 saturated carbocycles. The zero-order valence-corrected chi connectivity index (χ0v) is 19.4. The maximum atomic E-state index is 15.1. The zero-order chi connectivity index (χ0) is 22.3. The molecule has 1 amide bonds. The Morgan fingerprint density at radius 2 is 1.97 bits per heavy atom. The molecule has 4 nitrogen and oxygen atoms in total. The fourth-order valence-corrected chi connectivity index (χ4v) is 5.02. The van der Waals surface area contributed by atoms with E-state index in [1.807, 2.05) is 13.0 Å². The highest BCUT2D eigenvalue weighted by molar-refractivity contribution is 8.18. The first-order valence-electron chi connectivity index (χ1n) is 10.0. The number of nitrogens with zero attached hydrogens (tertiary/aromatic N) is 2. The van der Waals surface area contributed by atoms with Crippen molar-refractivity contribution in [3.8, 4) is 0 Å². The summed E-state index contributed by atoms with van der Waals surface area (Å²) in [5.74, 6) is -0.648. The number of rotatable bonds is 3. The van der Waals surface area contributed by atoms with Crippen LogP contribution in [0.1, 0.15) is 38.8 Å². The topological polar surface area (TPSA) is 44.7 Å². The first-order valence-corrected chi connectivity index (χ1v) is 11.2. The van der Waals surface area contributed by atoms with Crippen molar-refractivity contribution < 1.29 is 9.18 Å². The number of halogens is 2. The summed E-state index contributed by atoms with van der Waals surface area (Å²) >= 11 is 7.09. The van der Waals surface area contributed by atoms with Crippen LogP contribution in [0.3, 0.4) is 0 Å². The van der Waals surface area contributed by atoms with E-state index >= 15 is 4.39 Å². The molecule has 160 valence electrons. The Kier molecular flexibility index (Phi) is 5.71. The summed E-state index contributed by atoms with van der Waals surface area (Å²) < 4.78 is 15.1. The van der Waals surface area contributed by atoms with Gasteiger partial charge in [-0.05, 0) is 87.5 Å². The molecule has 0 radical (unpaired) electrons. The van der Waals surface area contributed by atoms with E-state index < -0.39 is 0 Å². The summed E-state index contributed by atoms with van der Waals surface area (Å²) in [6, 6.07) is 10.4. The highest BCUT2D eigenvalue weighted by atomic mass is 35.5. The Labute approximate surface area is 190 Å². The third-order valence-electron chi connectivity index (χ3n) is 5.41. The SMILES string of the molecule is CCN1c2cc(F)c(/C=C3/SC(=Nc4ccc(Cl)cc4)NC3=O)cc2C(C)=CC1(C)C. The number of likely N-dealkylation sites (N-methyl/N-ethyl adjacent to an activating group) is 1. The van der Waals surface area contributed by atoms with Crippen molar-refractivity contribution in [2.24, 2.45) is 4.99 Å². The molecular weight excluding hydrogens is 433 g/mol. The van der Waals surface area contributed by atoms with Gasteiger partial charge in [0.05, 0.1) is 16.1 Å². The molecule has 2 heterocycles. The normalized spacial score (nSPS) is 20.1. The maximum Gasteiger partial charge on any atom is 0.264 e. The van der Waals surface area contributed by atoms with Crippen LogP contribution in [0.15, 0.2) is 52.4 Å². The van der Waals surface area contributed by atoms with Gasteiger partial charge >= 0.3 is 0 Å². The van der Waals surface area contributed by atoms with Crippen LogP contribution in [-0.4, -0.2) is 23.2 Å². The minimum Gasteiger partial charge on any atom is -0.363 e. The molecule has 1 saturated heterocycles. The summed E-state index contributed by atoms with van der Waals surface area (Å²) in [4.78, 5) is 19.4. The second-order valence-corrected chi connectivity index (χ2v) is 9.54. The van der Waals surface area contributed by atoms with Gasteiger partial charge in [-0.3, -0.25) is 4.79 Å². The lowest BCUT2D eigenvalue weighted by molar-refractivity contribution is -0.115. The zero-order valence-electron chi connectivity index (χ0n) is 17.8. The fourth-order valence-electron chi connectivity index (χ4n) is 4.06. The molecule has 4 rings (SSSR count). The van der Waals surface area contributed by atoms with Crippen LogP contribution >= 0.6 is 23.4 Å². The molecule has 0 spiro atoms. The van der Waals surface area contributed by atoms with Gasteiger partial charge in [0.25, 0.3) is 5.91 Å². The van der Waals surface area contributed by atoms with Gasteiger partial charge in [0, 0.05) is 28.4 Å². The first kappa shape index (κ1) is 21.7. The van der Waals surface area contributed by atoms with E-state index in [0.29, 0.717) is 26.3 Å². The summed E-state index contributed by atoms with van der Waals surface area (Å²) in [5, 5.41) is 3.80. The molecule has 7 heteroatoms. The van der Waals surface area contributed by atoms with Crippen molar-refractivity contribution in [1.29, 1.82) is 0 Å². The van der Waals surface area contributed by atoms with Gasteiger partial charge in [-0.1, -0.05) is 17.7 Å². The van der Waals surface area contributed by atoms with Crippen LogP contribution in [0.25, 0.3) is 11.6 Å². The van der Waals surface area contributed by atoms with Crippen molar-refractivity contribution in [3.63, 3.8) is 0 Å². The number of thioether (sulfide) groups is 1. The molecule has 0 atom stereocenters. The van der Waals surface area contributed by atoms with Crippen molar-refractivity contribution >= 4 is 57.5 Å². The number of aliphatic imine (C=N–C) groups is 1. The van der Waals surface area contributed by atoms with Crippen LogP contribution in [0, 0.1) is 5.82 Å². The van der Waals surface area contributed by atoms with Crippen LogP contribution < -0.4 is 10.2 Å². The third-order valence-corrected chi connectivity index (χ3v) is 6.57. The number of carbonyl (C=O) groups is 1. The fraction of sp³-hybridized carbons (Fsp3) is 0.250. The highest BCUT2D eigenvalue weighted by Crippen LogP contribution is 2.40. The molecule has 2 aliphatic heterocycles. The van der Waals surface area contributed by atoms with E-state index in [1.165, 1.54) is 11.8 Å². The van der Waals surface area contributed by atoms with Gasteiger partial charge in [0.2, 0.25) is 0 Å². The lowest BCUT2D eigenvalue weighted by atomic mass is 9.88. The van der Waals surface area contributed by atoms with Gasteiger partial charge in [-0.15, -0.1) is 0 Å². The number of amidine groups is 1. The van der Waals surface area contributed by atoms with E-state index in [-0.39, 0.29) is 17.3 Å². The molecule has 2 aromatic rings. The Morgan fingerprint density at radius 3 is 2.65 bits per heavy atom. The smallest absolute Gasteiger partial charge is 0.264 e. The number of hydrogen-bond acceptors (Lipinski definition) is 4. The predicted octanol–water partition coefficient (Wildman–Crippen LogP) is 6.39. The summed E-state index contributed by atoms with van der Waals surface area (Å²) in [6.07, 6.45) is 3.78. The second kappa shape index (κ2) is 8.17. The van der Waals surface area contributed by atoms with Crippen molar-refractivity contribution in [3.05, 3.63) is 69.3 Å². The lowest BCUT2D eigenvalue weighted by Crippen LogP contribution is -2.45. The summed E-state index contributed by atoms with van der Waals surface area (Å²) in [6.45, 7) is 9.12. The van der Waals surface area contributed by atoms with Crippen molar-refractivity contribution in [2.45, 2.75) is 33.2 Å². The van der Waals surface area contributed by atoms with Crippen LogP contribution in [0.4, 0.5) is 15.8 Å². The number of hydrogen-bond donors (Lipinski definition) is 1. The average Bonchev–Trinajstić information content (AvgIpc) is 3.03. The number of benzene rings is 2. The molecule has 1 fully saturated rings.